The third-order valence-electron chi connectivity index (χ3n) is 21.6. The van der Waals surface area contributed by atoms with Crippen molar-refractivity contribution in [3.63, 3.8) is 0 Å². The lowest BCUT2D eigenvalue weighted by Crippen LogP contribution is -2.75. The van der Waals surface area contributed by atoms with E-state index in [0.29, 0.717) is 0 Å². The number of benzene rings is 16. The lowest BCUT2D eigenvalue weighted by molar-refractivity contribution is 1.18. The van der Waals surface area contributed by atoms with Crippen molar-refractivity contribution < 1.29 is 0 Å². The van der Waals surface area contributed by atoms with Crippen molar-refractivity contribution in [2.24, 2.45) is 0 Å². The summed E-state index contributed by atoms with van der Waals surface area (Å²) in [5.74, 6) is 0. The van der Waals surface area contributed by atoms with E-state index in [1.54, 1.807) is 0 Å². The van der Waals surface area contributed by atoms with Gasteiger partial charge in [-0.15, -0.1) is 0 Å². The fraction of sp³-hybridized carbons (Fsp3) is 0. The monoisotopic (exact) mass is 1330 g/mol. The molecule has 0 atom stereocenters. The fourth-order valence-corrected chi connectivity index (χ4v) is 27.0. The normalized spacial score (nSPS) is 12.5. The molecular weight excluding hydrogens is 1260 g/mol. The van der Waals surface area contributed by atoms with Crippen molar-refractivity contribution in [2.45, 2.75) is 0 Å². The summed E-state index contributed by atoms with van der Waals surface area (Å²) in [6.45, 7) is -0.199. The Morgan fingerprint density at radius 2 is 0.569 bits per heavy atom. The highest BCUT2D eigenvalue weighted by atomic mass is 28.3. The molecule has 0 spiro atoms. The summed E-state index contributed by atoms with van der Waals surface area (Å²) in [5.41, 5.74) is 20.8. The van der Waals surface area contributed by atoms with Crippen LogP contribution in [0.25, 0.3) is 60.9 Å². The molecule has 19 rings (SSSR count). The van der Waals surface area contributed by atoms with Crippen LogP contribution >= 0.6 is 0 Å². The standard InChI is InChI=1S/C96H68BN3Si2/c1-10-35-69(36-11-1)85-66-74(100-89-58-31-28-55-83(89)84-56-29-32-59-90(84)100)67-86(70-37-12-2-13-38-70)95(85)71-63-93-96-94(64-71)99(73-41-34-54-81(65-73)101(75-42-16-4-17-43-75,76-44-18-5-19-45-76)77-46-20-6-21-47-77)91-60-33-30-57-87(91)97(96)88-68-82(61-62-92(88)98(93)72-39-14-3-15-40-72)102(78-48-22-7-23-49-78,79-50-24-8-25-51-79)80-52-26-9-27-53-80/h1-68H. The van der Waals surface area contributed by atoms with Crippen molar-refractivity contribution in [1.29, 1.82) is 0 Å². The molecule has 0 fully saturated rings. The van der Waals surface area contributed by atoms with Crippen LogP contribution in [-0.2, 0) is 0 Å². The molecule has 0 saturated carbocycles. The van der Waals surface area contributed by atoms with Crippen LogP contribution in [0.5, 0.6) is 0 Å². The van der Waals surface area contributed by atoms with Gasteiger partial charge in [0.05, 0.1) is 11.0 Å². The maximum atomic E-state index is 2.65. The molecule has 17 aromatic rings. The Kier molecular flexibility index (Phi) is 15.0. The lowest BCUT2D eigenvalue weighted by Gasteiger charge is -2.45. The topological polar surface area (TPSA) is 11.4 Å². The fourth-order valence-electron chi connectivity index (χ4n) is 17.4. The zero-order chi connectivity index (χ0) is 67.6. The predicted octanol–water partition coefficient (Wildman–Crippen LogP) is 16.6. The van der Waals surface area contributed by atoms with Gasteiger partial charge in [-0.1, -0.05) is 340 Å². The van der Waals surface area contributed by atoms with Gasteiger partial charge < -0.3 is 14.4 Å². The van der Waals surface area contributed by atoms with Crippen LogP contribution in [0.15, 0.2) is 413 Å². The summed E-state index contributed by atoms with van der Waals surface area (Å²) in [6, 6.07) is 156. The highest BCUT2D eigenvalue weighted by Crippen LogP contribution is 2.50. The van der Waals surface area contributed by atoms with E-state index in [-0.39, 0.29) is 6.71 Å². The van der Waals surface area contributed by atoms with Gasteiger partial charge in [-0.2, -0.15) is 0 Å². The Morgan fingerprint density at radius 3 is 1.03 bits per heavy atom. The van der Waals surface area contributed by atoms with Crippen molar-refractivity contribution in [3.8, 4) is 39.1 Å². The molecule has 0 N–H and O–H groups in total. The summed E-state index contributed by atoms with van der Waals surface area (Å²) in [6.07, 6.45) is 0. The average molecular weight is 1330 g/mol. The first kappa shape index (κ1) is 60.6. The first-order valence-electron chi connectivity index (χ1n) is 35.4. The van der Waals surface area contributed by atoms with E-state index in [1.807, 2.05) is 0 Å². The number of hydrogen-bond donors (Lipinski definition) is 0. The molecule has 0 aliphatic carbocycles. The van der Waals surface area contributed by atoms with Gasteiger partial charge in [0.1, 0.15) is 0 Å². The number of anilines is 6. The minimum atomic E-state index is -3.07. The molecule has 1 aromatic heterocycles. The molecule has 6 heteroatoms. The van der Waals surface area contributed by atoms with E-state index in [4.69, 9.17) is 0 Å². The molecule has 3 nitrogen and oxygen atoms in total. The number of rotatable bonds is 14. The van der Waals surface area contributed by atoms with Crippen molar-refractivity contribution in [3.05, 3.63) is 413 Å². The lowest BCUT2D eigenvalue weighted by atomic mass is 9.33. The zero-order valence-electron chi connectivity index (χ0n) is 56.2. The van der Waals surface area contributed by atoms with Crippen molar-refractivity contribution >= 4 is 137 Å². The maximum Gasteiger partial charge on any atom is 0.252 e. The van der Waals surface area contributed by atoms with E-state index < -0.39 is 16.1 Å². The van der Waals surface area contributed by atoms with E-state index >= 15 is 0 Å². The minimum Gasteiger partial charge on any atom is -0.311 e. The molecule has 478 valence electrons. The number of fused-ring (bicyclic) bond motifs is 7. The predicted molar refractivity (Wildman–Crippen MR) is 438 cm³/mol. The van der Waals surface area contributed by atoms with Gasteiger partial charge >= 0.3 is 0 Å². The van der Waals surface area contributed by atoms with Crippen LogP contribution < -0.4 is 67.7 Å². The van der Waals surface area contributed by atoms with Crippen LogP contribution in [-0.4, -0.2) is 27.4 Å². The third kappa shape index (κ3) is 9.70. The number of nitrogens with zero attached hydrogens (tertiary/aromatic N) is 3. The summed E-state index contributed by atoms with van der Waals surface area (Å²) < 4.78 is 2.48. The molecule has 0 amide bonds. The van der Waals surface area contributed by atoms with Crippen LogP contribution in [0.4, 0.5) is 34.1 Å². The molecule has 2 aliphatic rings. The highest BCUT2D eigenvalue weighted by molar-refractivity contribution is 7.20. The van der Waals surface area contributed by atoms with Gasteiger partial charge in [0.25, 0.3) is 6.71 Å². The second kappa shape index (κ2) is 25.3. The molecule has 0 bridgehead atoms. The molecule has 0 saturated heterocycles. The van der Waals surface area contributed by atoms with Gasteiger partial charge in [-0.25, -0.2) is 0 Å². The second-order valence-corrected chi connectivity index (χ2v) is 34.6. The van der Waals surface area contributed by atoms with Gasteiger partial charge in [-0.3, -0.25) is 0 Å². The highest BCUT2D eigenvalue weighted by Gasteiger charge is 2.48. The molecule has 16 aromatic carbocycles. The summed E-state index contributed by atoms with van der Waals surface area (Å²) >= 11 is 0. The van der Waals surface area contributed by atoms with E-state index in [0.717, 1.165) is 73.2 Å². The summed E-state index contributed by atoms with van der Waals surface area (Å²) in [5, 5.41) is 13.1. The first-order valence-corrected chi connectivity index (χ1v) is 39.4. The van der Waals surface area contributed by atoms with E-state index in [9.17, 15) is 0 Å². The number of para-hydroxylation sites is 4. The average Bonchev–Trinajstić information content (AvgIpc) is 0.823. The first-order chi connectivity index (χ1) is 50.6. The van der Waals surface area contributed by atoms with Gasteiger partial charge in [0, 0.05) is 50.6 Å². The zero-order valence-corrected chi connectivity index (χ0v) is 58.2. The quantitative estimate of drug-likeness (QED) is 0.0794. The Bertz CT molecular complexity index is 5640. The molecule has 102 heavy (non-hydrogen) atoms. The Morgan fingerprint density at radius 1 is 0.216 bits per heavy atom. The summed E-state index contributed by atoms with van der Waals surface area (Å²) in [4.78, 5) is 5.25. The third-order valence-corrected chi connectivity index (χ3v) is 31.2. The van der Waals surface area contributed by atoms with Crippen LogP contribution in [0.1, 0.15) is 0 Å². The van der Waals surface area contributed by atoms with Crippen LogP contribution in [0.2, 0.25) is 0 Å². The van der Waals surface area contributed by atoms with Crippen LogP contribution in [0, 0.1) is 0 Å². The summed E-state index contributed by atoms with van der Waals surface area (Å²) in [7, 11) is -6.13. The van der Waals surface area contributed by atoms with E-state index in [1.165, 1.54) is 79.7 Å². The molecule has 3 heterocycles. The molecule has 0 radical (unpaired) electrons. The van der Waals surface area contributed by atoms with Gasteiger partial charge in [-0.05, 0) is 164 Å². The van der Waals surface area contributed by atoms with Crippen molar-refractivity contribution in [1.82, 2.24) is 4.57 Å². The van der Waals surface area contributed by atoms with Crippen LogP contribution in [0.3, 0.4) is 0 Å². The number of hydrogen-bond acceptors (Lipinski definition) is 2. The smallest absolute Gasteiger partial charge is 0.252 e. The maximum absolute atomic E-state index is 3.07. The molecular formula is C96H68BN3Si2. The van der Waals surface area contributed by atoms with E-state index in [2.05, 4.69) is 427 Å². The second-order valence-electron chi connectivity index (χ2n) is 27.0. The van der Waals surface area contributed by atoms with Gasteiger partial charge in [0.15, 0.2) is 16.1 Å². The molecule has 2 aliphatic heterocycles. The Labute approximate surface area is 598 Å². The largest absolute Gasteiger partial charge is 0.311 e. The Balaban J connectivity index is 0.948. The SMILES string of the molecule is c1ccc(-c2cc(-n3c4ccccc4c4ccccc43)cc(-c3ccccc3)c2-c2cc3c4c(c2)N(c2ccccc2)c2ccc([Si](c5ccccc5)(c5ccccc5)c5ccccc5)cc2B4c2ccccc2N3c2cccc([Si](c3ccccc3)(c3ccccc3)c3ccccc3)c2)cc1. The van der Waals surface area contributed by atoms with Gasteiger partial charge in [0.2, 0.25) is 0 Å². The minimum absolute atomic E-state index is 0.199. The molecule has 0 unspecified atom stereocenters. The number of aromatic nitrogens is 1. The van der Waals surface area contributed by atoms with Crippen molar-refractivity contribution in [2.75, 3.05) is 9.80 Å². The Hall–Kier alpha value is -12.6.